The fraction of sp³-hybridized carbons (Fsp3) is 0.0625. The van der Waals surface area contributed by atoms with Crippen LogP contribution in [0.1, 0.15) is 17.2 Å². The molecule has 0 bridgehead atoms. The van der Waals surface area contributed by atoms with E-state index in [0.29, 0.717) is 11.1 Å². The molecule has 1 amide bonds. The van der Waals surface area contributed by atoms with Crippen molar-refractivity contribution < 1.29 is 19.1 Å². The molecule has 0 spiro atoms. The molecule has 3 aromatic rings. The topological polar surface area (TPSA) is 109 Å². The molecule has 1 atom stereocenters. The lowest BCUT2D eigenvalue weighted by atomic mass is 9.98. The van der Waals surface area contributed by atoms with Crippen LogP contribution in [-0.2, 0) is 9.59 Å². The van der Waals surface area contributed by atoms with Crippen LogP contribution >= 0.6 is 11.3 Å². The molecule has 9 heteroatoms. The summed E-state index contributed by atoms with van der Waals surface area (Å²) < 4.78 is 5.10. The molecule has 0 aliphatic carbocycles. The van der Waals surface area contributed by atoms with Gasteiger partial charge in [-0.2, -0.15) is 0 Å². The van der Waals surface area contributed by atoms with Gasteiger partial charge in [0.1, 0.15) is 17.3 Å². The van der Waals surface area contributed by atoms with E-state index in [4.69, 9.17) is 4.42 Å². The monoisotopic (exact) mass is 354 g/mol. The first-order valence-electron chi connectivity index (χ1n) is 7.18. The highest BCUT2D eigenvalue weighted by atomic mass is 32.1. The maximum Gasteiger partial charge on any atom is 0.301 e. The summed E-state index contributed by atoms with van der Waals surface area (Å²) in [6, 6.07) is 4.00. The van der Waals surface area contributed by atoms with Gasteiger partial charge < -0.3 is 9.52 Å². The number of anilines is 1. The Hall–Kier alpha value is -3.33. The van der Waals surface area contributed by atoms with Gasteiger partial charge in [-0.25, -0.2) is 0 Å². The molecule has 4 rings (SSSR count). The fourth-order valence-electron chi connectivity index (χ4n) is 2.71. The summed E-state index contributed by atoms with van der Waals surface area (Å²) in [6.07, 6.45) is 5.81. The van der Waals surface area contributed by atoms with Gasteiger partial charge in [-0.3, -0.25) is 19.5 Å². The summed E-state index contributed by atoms with van der Waals surface area (Å²) in [4.78, 5) is 30.4. The van der Waals surface area contributed by atoms with Gasteiger partial charge in [0.05, 0.1) is 18.1 Å². The summed E-state index contributed by atoms with van der Waals surface area (Å²) in [6.45, 7) is 0. The SMILES string of the molecule is O=C1C(=O)N(c2nncs2)C(c2ccoc2)/C1=C(\O)c1cccnc1. The Morgan fingerprint density at radius 1 is 1.32 bits per heavy atom. The minimum atomic E-state index is -0.855. The number of aliphatic hydroxyl groups is 1. The zero-order chi connectivity index (χ0) is 17.4. The number of aliphatic hydroxyl groups excluding tert-OH is 1. The van der Waals surface area contributed by atoms with Crippen LogP contribution in [0.5, 0.6) is 0 Å². The van der Waals surface area contributed by atoms with Gasteiger partial charge in [-0.05, 0) is 18.2 Å². The van der Waals surface area contributed by atoms with Crippen LogP contribution in [0.25, 0.3) is 5.76 Å². The second-order valence-corrected chi connectivity index (χ2v) is 6.00. The first kappa shape index (κ1) is 15.2. The molecule has 1 aliphatic heterocycles. The predicted molar refractivity (Wildman–Crippen MR) is 87.6 cm³/mol. The third-order valence-electron chi connectivity index (χ3n) is 3.79. The average molecular weight is 354 g/mol. The molecule has 4 heterocycles. The lowest BCUT2D eigenvalue weighted by Gasteiger charge is -2.20. The number of hydrogen-bond donors (Lipinski definition) is 1. The highest BCUT2D eigenvalue weighted by Crippen LogP contribution is 2.42. The maximum absolute atomic E-state index is 12.6. The van der Waals surface area contributed by atoms with E-state index in [1.54, 1.807) is 24.4 Å². The Balaban J connectivity index is 1.93. The van der Waals surface area contributed by atoms with Crippen molar-refractivity contribution >= 4 is 33.9 Å². The molecule has 1 saturated heterocycles. The molecular formula is C16H10N4O4S. The Morgan fingerprint density at radius 3 is 2.84 bits per heavy atom. The van der Waals surface area contributed by atoms with Gasteiger partial charge in [0.2, 0.25) is 5.13 Å². The second-order valence-electron chi connectivity index (χ2n) is 5.19. The van der Waals surface area contributed by atoms with Gasteiger partial charge in [-0.1, -0.05) is 11.3 Å². The molecule has 1 unspecified atom stereocenters. The standard InChI is InChI=1S/C16H10N4O4S/c21-13(9-2-1-4-17-6-9)11-12(10-3-5-24-7-10)20(15(23)14(11)22)16-19-18-8-25-16/h1-8,12,21H/b13-11+. The van der Waals surface area contributed by atoms with Crippen molar-refractivity contribution in [3.63, 3.8) is 0 Å². The highest BCUT2D eigenvalue weighted by Gasteiger charge is 2.48. The van der Waals surface area contributed by atoms with E-state index in [0.717, 1.165) is 11.3 Å². The molecule has 1 N–H and O–H groups in total. The molecular weight excluding hydrogens is 344 g/mol. The zero-order valence-corrected chi connectivity index (χ0v) is 13.4. The summed E-state index contributed by atoms with van der Waals surface area (Å²) in [5.74, 6) is -1.89. The number of furan rings is 1. The molecule has 0 aromatic carbocycles. The highest BCUT2D eigenvalue weighted by molar-refractivity contribution is 7.13. The van der Waals surface area contributed by atoms with E-state index in [1.165, 1.54) is 29.1 Å². The normalized spacial score (nSPS) is 19.5. The number of aromatic nitrogens is 3. The number of ketones is 1. The van der Waals surface area contributed by atoms with E-state index in [1.807, 2.05) is 0 Å². The molecule has 124 valence electrons. The van der Waals surface area contributed by atoms with Crippen molar-refractivity contribution in [2.45, 2.75) is 6.04 Å². The third kappa shape index (κ3) is 2.41. The number of rotatable bonds is 3. The van der Waals surface area contributed by atoms with E-state index in [-0.39, 0.29) is 16.5 Å². The number of carbonyl (C=O) groups excluding carboxylic acids is 2. The van der Waals surface area contributed by atoms with Crippen molar-refractivity contribution in [3.05, 3.63) is 65.3 Å². The van der Waals surface area contributed by atoms with Crippen LogP contribution in [0.3, 0.4) is 0 Å². The molecule has 0 radical (unpaired) electrons. The lowest BCUT2D eigenvalue weighted by molar-refractivity contribution is -0.132. The predicted octanol–water partition coefficient (Wildman–Crippen LogP) is 2.15. The molecule has 0 saturated carbocycles. The van der Waals surface area contributed by atoms with Crippen molar-refractivity contribution in [2.24, 2.45) is 0 Å². The molecule has 1 aliphatic rings. The first-order chi connectivity index (χ1) is 12.2. The average Bonchev–Trinajstić information content (AvgIpc) is 3.37. The second kappa shape index (κ2) is 5.95. The fourth-order valence-corrected chi connectivity index (χ4v) is 3.29. The van der Waals surface area contributed by atoms with Gasteiger partial charge >= 0.3 is 5.91 Å². The van der Waals surface area contributed by atoms with Crippen LogP contribution in [0.15, 0.2) is 58.6 Å². The largest absolute Gasteiger partial charge is 0.507 e. The van der Waals surface area contributed by atoms with E-state index in [2.05, 4.69) is 15.2 Å². The first-order valence-corrected chi connectivity index (χ1v) is 8.06. The number of carbonyl (C=O) groups is 2. The van der Waals surface area contributed by atoms with Gasteiger partial charge in [0.25, 0.3) is 5.78 Å². The number of Topliss-reactive ketones (excluding diaryl/α,β-unsaturated/α-hetero) is 1. The summed E-state index contributed by atoms with van der Waals surface area (Å²) in [5.41, 5.74) is 2.29. The Bertz CT molecular complexity index is 951. The number of amides is 1. The van der Waals surface area contributed by atoms with Crippen LogP contribution < -0.4 is 4.90 Å². The summed E-state index contributed by atoms with van der Waals surface area (Å²) in [7, 11) is 0. The third-order valence-corrected chi connectivity index (χ3v) is 4.48. The van der Waals surface area contributed by atoms with E-state index >= 15 is 0 Å². The number of hydrogen-bond acceptors (Lipinski definition) is 8. The van der Waals surface area contributed by atoms with Gasteiger partial charge in [0, 0.05) is 23.5 Å². The lowest BCUT2D eigenvalue weighted by Crippen LogP contribution is -2.29. The quantitative estimate of drug-likeness (QED) is 0.436. The maximum atomic E-state index is 12.6. The van der Waals surface area contributed by atoms with Gasteiger partial charge in [0.15, 0.2) is 0 Å². The molecule has 25 heavy (non-hydrogen) atoms. The molecule has 3 aromatic heterocycles. The van der Waals surface area contributed by atoms with Gasteiger partial charge in [-0.15, -0.1) is 10.2 Å². The Labute approximate surface area is 145 Å². The van der Waals surface area contributed by atoms with Crippen molar-refractivity contribution in [3.8, 4) is 0 Å². The smallest absolute Gasteiger partial charge is 0.301 e. The van der Waals surface area contributed by atoms with Crippen molar-refractivity contribution in [1.82, 2.24) is 15.2 Å². The number of nitrogens with zero attached hydrogens (tertiary/aromatic N) is 4. The van der Waals surface area contributed by atoms with Crippen molar-refractivity contribution in [1.29, 1.82) is 0 Å². The van der Waals surface area contributed by atoms with Crippen LogP contribution in [0.2, 0.25) is 0 Å². The van der Waals surface area contributed by atoms with Crippen molar-refractivity contribution in [2.75, 3.05) is 4.90 Å². The van der Waals surface area contributed by atoms with Crippen LogP contribution in [-0.4, -0.2) is 32.0 Å². The summed E-state index contributed by atoms with van der Waals surface area (Å²) >= 11 is 1.12. The minimum Gasteiger partial charge on any atom is -0.507 e. The molecule has 1 fully saturated rings. The van der Waals surface area contributed by atoms with Crippen LogP contribution in [0.4, 0.5) is 5.13 Å². The Kier molecular flexibility index (Phi) is 3.62. The molecule has 8 nitrogen and oxygen atoms in total. The van der Waals surface area contributed by atoms with E-state index < -0.39 is 17.7 Å². The Morgan fingerprint density at radius 2 is 2.20 bits per heavy atom. The minimum absolute atomic E-state index is 0.0467. The van der Waals surface area contributed by atoms with Crippen LogP contribution in [0, 0.1) is 0 Å². The van der Waals surface area contributed by atoms with E-state index in [9.17, 15) is 14.7 Å². The summed E-state index contributed by atoms with van der Waals surface area (Å²) in [5, 5.41) is 18.5. The zero-order valence-electron chi connectivity index (χ0n) is 12.6. The number of pyridine rings is 1.